The van der Waals surface area contributed by atoms with Crippen LogP contribution < -0.4 is 4.90 Å². The molecule has 0 radical (unpaired) electrons. The van der Waals surface area contributed by atoms with Gasteiger partial charge in [0.1, 0.15) is 0 Å². The first-order valence-corrected chi connectivity index (χ1v) is 5.73. The molecule has 0 N–H and O–H groups in total. The second-order valence-electron chi connectivity index (χ2n) is 4.28. The van der Waals surface area contributed by atoms with Crippen molar-refractivity contribution in [1.29, 1.82) is 0 Å². The minimum absolute atomic E-state index is 0.433. The van der Waals surface area contributed by atoms with Crippen molar-refractivity contribution < 1.29 is 9.59 Å². The summed E-state index contributed by atoms with van der Waals surface area (Å²) in [6.45, 7) is 1.90. The van der Waals surface area contributed by atoms with Crippen LogP contribution in [0.15, 0.2) is 48.5 Å². The molecule has 0 unspecified atom stereocenters. The predicted molar refractivity (Wildman–Crippen MR) is 69.1 cm³/mol. The molecule has 3 rings (SSSR count). The summed E-state index contributed by atoms with van der Waals surface area (Å²) in [4.78, 5) is 25.5. The highest BCUT2D eigenvalue weighted by Crippen LogP contribution is 2.37. The molecule has 0 bridgehead atoms. The number of anilines is 2. The summed E-state index contributed by atoms with van der Waals surface area (Å²) in [6.07, 6.45) is 0. The summed E-state index contributed by atoms with van der Waals surface area (Å²) in [6, 6.07) is 14.6. The molecule has 0 fully saturated rings. The summed E-state index contributed by atoms with van der Waals surface area (Å²) < 4.78 is 0. The quantitative estimate of drug-likeness (QED) is 0.715. The molecular formula is C15H11NO2. The van der Waals surface area contributed by atoms with Crippen LogP contribution >= 0.6 is 0 Å². The Hall–Kier alpha value is -2.42. The number of para-hydroxylation sites is 2. The molecule has 0 aliphatic carbocycles. The highest BCUT2D eigenvalue weighted by atomic mass is 16.2. The van der Waals surface area contributed by atoms with Gasteiger partial charge in [0.2, 0.25) is 0 Å². The average Bonchev–Trinajstić information content (AvgIpc) is 2.65. The molecule has 3 nitrogen and oxygen atoms in total. The standard InChI is InChI=1S/C15H11NO2/c1-10-6-5-9-12-13(10)16(15(18)14(12)17)11-7-3-2-4-8-11/h2-9H,1H3. The number of carbonyl (C=O) groups is 2. The zero-order chi connectivity index (χ0) is 12.7. The van der Waals surface area contributed by atoms with Gasteiger partial charge in [-0.3, -0.25) is 14.5 Å². The topological polar surface area (TPSA) is 37.4 Å². The number of rotatable bonds is 1. The van der Waals surface area contributed by atoms with Crippen LogP contribution in [0.1, 0.15) is 15.9 Å². The highest BCUT2D eigenvalue weighted by Gasteiger charge is 2.37. The summed E-state index contributed by atoms with van der Waals surface area (Å²) in [7, 11) is 0. The van der Waals surface area contributed by atoms with E-state index in [1.165, 1.54) is 4.90 Å². The van der Waals surface area contributed by atoms with E-state index < -0.39 is 11.7 Å². The van der Waals surface area contributed by atoms with E-state index >= 15 is 0 Å². The van der Waals surface area contributed by atoms with Crippen molar-refractivity contribution in [3.63, 3.8) is 0 Å². The molecule has 1 aliphatic rings. The van der Waals surface area contributed by atoms with Gasteiger partial charge in [0.25, 0.3) is 5.78 Å². The van der Waals surface area contributed by atoms with E-state index in [1.807, 2.05) is 43.3 Å². The molecule has 3 heteroatoms. The maximum Gasteiger partial charge on any atom is 0.304 e. The minimum Gasteiger partial charge on any atom is -0.283 e. The molecule has 0 saturated heterocycles. The molecule has 1 heterocycles. The van der Waals surface area contributed by atoms with E-state index in [2.05, 4.69) is 0 Å². The number of Topliss-reactive ketones (excluding diaryl/α,β-unsaturated/α-hetero) is 1. The van der Waals surface area contributed by atoms with Gasteiger partial charge in [-0.2, -0.15) is 0 Å². The SMILES string of the molecule is Cc1cccc2c1N(c1ccccc1)C(=O)C2=O. The van der Waals surface area contributed by atoms with Gasteiger partial charge in [0.05, 0.1) is 11.3 Å². The van der Waals surface area contributed by atoms with E-state index in [1.54, 1.807) is 12.1 Å². The first-order valence-electron chi connectivity index (χ1n) is 5.73. The molecule has 0 atom stereocenters. The van der Waals surface area contributed by atoms with Crippen LogP contribution in [-0.4, -0.2) is 11.7 Å². The lowest BCUT2D eigenvalue weighted by atomic mass is 10.1. The molecular weight excluding hydrogens is 226 g/mol. The molecule has 0 aromatic heterocycles. The van der Waals surface area contributed by atoms with Gasteiger partial charge in [-0.1, -0.05) is 30.3 Å². The molecule has 1 aliphatic heterocycles. The fourth-order valence-electron chi connectivity index (χ4n) is 2.28. The summed E-state index contributed by atoms with van der Waals surface area (Å²) in [5, 5.41) is 0. The Bertz CT molecular complexity index is 647. The zero-order valence-corrected chi connectivity index (χ0v) is 9.88. The van der Waals surface area contributed by atoms with E-state index in [0.717, 1.165) is 11.3 Å². The number of carbonyl (C=O) groups excluding carboxylic acids is 2. The van der Waals surface area contributed by atoms with Gasteiger partial charge in [-0.05, 0) is 30.7 Å². The van der Waals surface area contributed by atoms with Crippen LogP contribution in [-0.2, 0) is 4.79 Å². The van der Waals surface area contributed by atoms with Crippen molar-refractivity contribution in [2.24, 2.45) is 0 Å². The monoisotopic (exact) mass is 237 g/mol. The number of fused-ring (bicyclic) bond motifs is 1. The number of benzene rings is 2. The maximum atomic E-state index is 12.1. The number of amides is 1. The lowest BCUT2D eigenvalue weighted by molar-refractivity contribution is -0.113. The van der Waals surface area contributed by atoms with Gasteiger partial charge >= 0.3 is 5.91 Å². The molecule has 2 aromatic rings. The van der Waals surface area contributed by atoms with Crippen LogP contribution in [0, 0.1) is 6.92 Å². The van der Waals surface area contributed by atoms with E-state index in [4.69, 9.17) is 0 Å². The Kier molecular flexibility index (Phi) is 2.27. The highest BCUT2D eigenvalue weighted by molar-refractivity contribution is 6.53. The zero-order valence-electron chi connectivity index (χ0n) is 9.88. The Morgan fingerprint density at radius 3 is 2.33 bits per heavy atom. The largest absolute Gasteiger partial charge is 0.304 e. The van der Waals surface area contributed by atoms with Gasteiger partial charge in [0, 0.05) is 5.69 Å². The third-order valence-corrected chi connectivity index (χ3v) is 3.12. The van der Waals surface area contributed by atoms with Gasteiger partial charge in [-0.25, -0.2) is 0 Å². The Labute approximate surface area is 105 Å². The third-order valence-electron chi connectivity index (χ3n) is 3.12. The Morgan fingerprint density at radius 2 is 1.61 bits per heavy atom. The molecule has 1 amide bonds. The average molecular weight is 237 g/mol. The van der Waals surface area contributed by atoms with Gasteiger partial charge < -0.3 is 0 Å². The summed E-state index contributed by atoms with van der Waals surface area (Å²) >= 11 is 0. The second-order valence-corrected chi connectivity index (χ2v) is 4.28. The Morgan fingerprint density at radius 1 is 0.889 bits per heavy atom. The normalized spacial score (nSPS) is 13.9. The van der Waals surface area contributed by atoms with Crippen molar-refractivity contribution in [2.75, 3.05) is 4.90 Å². The van der Waals surface area contributed by atoms with Crippen LogP contribution in [0.5, 0.6) is 0 Å². The van der Waals surface area contributed by atoms with Crippen LogP contribution in [0.4, 0.5) is 11.4 Å². The fraction of sp³-hybridized carbons (Fsp3) is 0.0667. The smallest absolute Gasteiger partial charge is 0.283 e. The van der Waals surface area contributed by atoms with Gasteiger partial charge in [0.15, 0.2) is 0 Å². The van der Waals surface area contributed by atoms with Crippen molar-refractivity contribution in [1.82, 2.24) is 0 Å². The maximum absolute atomic E-state index is 12.1. The molecule has 2 aromatic carbocycles. The summed E-state index contributed by atoms with van der Waals surface area (Å²) in [5.74, 6) is -0.914. The number of hydrogen-bond donors (Lipinski definition) is 0. The van der Waals surface area contributed by atoms with Crippen LogP contribution in [0.25, 0.3) is 0 Å². The molecule has 88 valence electrons. The first-order chi connectivity index (χ1) is 8.70. The third kappa shape index (κ3) is 1.37. The number of hydrogen-bond acceptors (Lipinski definition) is 2. The van der Waals surface area contributed by atoms with Crippen molar-refractivity contribution in [3.05, 3.63) is 59.7 Å². The van der Waals surface area contributed by atoms with Crippen molar-refractivity contribution in [2.45, 2.75) is 6.92 Å². The predicted octanol–water partition coefficient (Wildman–Crippen LogP) is 2.86. The molecule has 18 heavy (non-hydrogen) atoms. The van der Waals surface area contributed by atoms with Gasteiger partial charge in [-0.15, -0.1) is 0 Å². The number of ketones is 1. The van der Waals surface area contributed by atoms with Crippen LogP contribution in [0.2, 0.25) is 0 Å². The van der Waals surface area contributed by atoms with E-state index in [-0.39, 0.29) is 0 Å². The van der Waals surface area contributed by atoms with Crippen molar-refractivity contribution in [3.8, 4) is 0 Å². The lowest BCUT2D eigenvalue weighted by Crippen LogP contribution is -2.25. The number of aryl methyl sites for hydroxylation is 1. The fourth-order valence-corrected chi connectivity index (χ4v) is 2.28. The first kappa shape index (κ1) is 10.7. The van der Waals surface area contributed by atoms with Crippen LogP contribution in [0.3, 0.4) is 0 Å². The van der Waals surface area contributed by atoms with E-state index in [9.17, 15) is 9.59 Å². The number of nitrogens with zero attached hydrogens (tertiary/aromatic N) is 1. The van der Waals surface area contributed by atoms with E-state index in [0.29, 0.717) is 11.3 Å². The van der Waals surface area contributed by atoms with Crippen molar-refractivity contribution >= 4 is 23.1 Å². The Balaban J connectivity index is 2.25. The lowest BCUT2D eigenvalue weighted by Gasteiger charge is -2.18. The minimum atomic E-state index is -0.481. The summed E-state index contributed by atoms with van der Waals surface area (Å²) in [5.41, 5.74) is 2.85. The second kappa shape index (κ2) is 3.81. The molecule has 0 saturated carbocycles. The molecule has 0 spiro atoms.